The van der Waals surface area contributed by atoms with Crippen LogP contribution >= 0.6 is 0 Å². The molecule has 3 aromatic rings. The summed E-state index contributed by atoms with van der Waals surface area (Å²) >= 11 is 0. The summed E-state index contributed by atoms with van der Waals surface area (Å²) in [6.07, 6.45) is 0.597. The molecule has 214 valence electrons. The van der Waals surface area contributed by atoms with Gasteiger partial charge in [-0.25, -0.2) is 23.4 Å². The molecule has 3 heterocycles. The van der Waals surface area contributed by atoms with E-state index < -0.39 is 35.4 Å². The van der Waals surface area contributed by atoms with Crippen LogP contribution in [0.25, 0.3) is 22.3 Å². The number of hydrogen-bond donors (Lipinski definition) is 0. The van der Waals surface area contributed by atoms with Crippen molar-refractivity contribution in [1.82, 2.24) is 19.7 Å². The standard InChI is InChI=1S/C23H28F5N5O4SSi/c1-39(2,3)11-10-36-15-33-21(19-13-20(30-14-29-19)32-8-6-22(24,25)7-9-32)17-12-16(4-5-18(17)31-33)37-38(34,35)23(26,27)28/h4-5,12-14H,6-11,15H2,1-3H3. The molecular weight excluding hydrogens is 565 g/mol. The lowest BCUT2D eigenvalue weighted by Crippen LogP contribution is -2.39. The van der Waals surface area contributed by atoms with Crippen molar-refractivity contribution in [2.75, 3.05) is 24.6 Å². The number of fused-ring (bicyclic) bond motifs is 1. The molecule has 0 saturated carbocycles. The van der Waals surface area contributed by atoms with Gasteiger partial charge in [-0.2, -0.15) is 26.7 Å². The van der Waals surface area contributed by atoms with Crippen molar-refractivity contribution in [1.29, 1.82) is 0 Å². The predicted octanol–water partition coefficient (Wildman–Crippen LogP) is 5.27. The molecule has 0 atom stereocenters. The van der Waals surface area contributed by atoms with Gasteiger partial charge in [0.2, 0.25) is 0 Å². The van der Waals surface area contributed by atoms with Crippen molar-refractivity contribution >= 4 is 34.9 Å². The lowest BCUT2D eigenvalue weighted by atomic mass is 10.1. The molecule has 1 fully saturated rings. The predicted molar refractivity (Wildman–Crippen MR) is 137 cm³/mol. The molecule has 1 saturated heterocycles. The van der Waals surface area contributed by atoms with E-state index in [9.17, 15) is 30.4 Å². The first kappa shape index (κ1) is 29.1. The van der Waals surface area contributed by atoms with E-state index in [1.165, 1.54) is 17.1 Å². The maximum atomic E-state index is 13.7. The molecule has 0 spiro atoms. The minimum atomic E-state index is -5.89. The minimum absolute atomic E-state index is 0.0131. The molecule has 0 bridgehead atoms. The molecule has 0 N–H and O–H groups in total. The molecule has 0 amide bonds. The lowest BCUT2D eigenvalue weighted by Gasteiger charge is -2.32. The zero-order valence-electron chi connectivity index (χ0n) is 21.5. The van der Waals surface area contributed by atoms with E-state index in [1.807, 2.05) is 0 Å². The normalized spacial score (nSPS) is 16.6. The smallest absolute Gasteiger partial charge is 0.376 e. The molecule has 0 radical (unpaired) electrons. The van der Waals surface area contributed by atoms with Crippen molar-refractivity contribution in [2.45, 2.75) is 56.7 Å². The van der Waals surface area contributed by atoms with Crippen LogP contribution in [-0.2, 0) is 21.6 Å². The Morgan fingerprint density at radius 1 is 1.08 bits per heavy atom. The van der Waals surface area contributed by atoms with Crippen LogP contribution in [0, 0.1) is 0 Å². The van der Waals surface area contributed by atoms with Crippen LogP contribution < -0.4 is 9.08 Å². The number of alkyl halides is 5. The van der Waals surface area contributed by atoms with E-state index >= 15 is 0 Å². The highest BCUT2D eigenvalue weighted by molar-refractivity contribution is 7.88. The molecule has 0 unspecified atom stereocenters. The summed E-state index contributed by atoms with van der Waals surface area (Å²) in [7, 11) is -7.28. The number of rotatable bonds is 9. The van der Waals surface area contributed by atoms with Gasteiger partial charge in [0.1, 0.15) is 24.6 Å². The van der Waals surface area contributed by atoms with Crippen molar-refractivity contribution in [3.8, 4) is 17.1 Å². The molecule has 4 rings (SSSR count). The summed E-state index contributed by atoms with van der Waals surface area (Å²) in [4.78, 5) is 10.2. The molecule has 9 nitrogen and oxygen atoms in total. The number of anilines is 1. The number of benzene rings is 1. The number of piperidine rings is 1. The Labute approximate surface area is 223 Å². The molecule has 1 aliphatic rings. The van der Waals surface area contributed by atoms with Gasteiger partial charge in [-0.15, -0.1) is 0 Å². The fourth-order valence-corrected chi connectivity index (χ4v) is 5.15. The Morgan fingerprint density at radius 3 is 2.41 bits per heavy atom. The number of hydrogen-bond acceptors (Lipinski definition) is 8. The Kier molecular flexibility index (Phi) is 7.93. The van der Waals surface area contributed by atoms with Crippen LogP contribution in [0.2, 0.25) is 25.7 Å². The minimum Gasteiger partial charge on any atom is -0.376 e. The maximum absolute atomic E-state index is 13.7. The second kappa shape index (κ2) is 10.6. The van der Waals surface area contributed by atoms with E-state index in [2.05, 4.69) is 38.9 Å². The first-order valence-electron chi connectivity index (χ1n) is 12.1. The van der Waals surface area contributed by atoms with Crippen LogP contribution in [0.1, 0.15) is 12.8 Å². The quantitative estimate of drug-likeness (QED) is 0.109. The van der Waals surface area contributed by atoms with Gasteiger partial charge in [-0.05, 0) is 24.2 Å². The van der Waals surface area contributed by atoms with Crippen LogP contribution in [0.3, 0.4) is 0 Å². The first-order chi connectivity index (χ1) is 18.0. The maximum Gasteiger partial charge on any atom is 0.534 e. The lowest BCUT2D eigenvalue weighted by molar-refractivity contribution is -0.0500. The van der Waals surface area contributed by atoms with Gasteiger partial charge in [0, 0.05) is 52.1 Å². The molecular formula is C23H28F5N5O4SSi. The van der Waals surface area contributed by atoms with Gasteiger partial charge in [-0.3, -0.25) is 0 Å². The van der Waals surface area contributed by atoms with E-state index in [4.69, 9.17) is 4.74 Å². The van der Waals surface area contributed by atoms with E-state index in [0.717, 1.165) is 18.2 Å². The highest BCUT2D eigenvalue weighted by atomic mass is 32.2. The first-order valence-corrected chi connectivity index (χ1v) is 17.2. The summed E-state index contributed by atoms with van der Waals surface area (Å²) in [6, 6.07) is 5.97. The molecule has 1 aliphatic heterocycles. The number of halogens is 5. The van der Waals surface area contributed by atoms with Gasteiger partial charge in [-0.1, -0.05) is 19.6 Å². The fraction of sp³-hybridized carbons (Fsp3) is 0.522. The van der Waals surface area contributed by atoms with Crippen LogP contribution in [-0.4, -0.2) is 67.4 Å². The Bertz CT molecular complexity index is 1430. The number of nitrogens with zero attached hydrogens (tertiary/aromatic N) is 5. The second-order valence-electron chi connectivity index (χ2n) is 10.5. The number of aromatic nitrogens is 4. The van der Waals surface area contributed by atoms with E-state index in [1.54, 1.807) is 11.0 Å². The Morgan fingerprint density at radius 2 is 1.77 bits per heavy atom. The molecule has 1 aromatic carbocycles. The molecule has 2 aromatic heterocycles. The summed E-state index contributed by atoms with van der Waals surface area (Å²) in [5, 5.41) is 4.73. The van der Waals surface area contributed by atoms with Crippen molar-refractivity contribution in [2.24, 2.45) is 0 Å². The van der Waals surface area contributed by atoms with Crippen LogP contribution in [0.4, 0.5) is 27.8 Å². The van der Waals surface area contributed by atoms with Gasteiger partial charge >= 0.3 is 15.6 Å². The summed E-state index contributed by atoms with van der Waals surface area (Å²) in [6.45, 7) is 7.19. The summed E-state index contributed by atoms with van der Waals surface area (Å²) in [5.74, 6) is -2.92. The Hall–Kier alpha value is -2.85. The zero-order valence-corrected chi connectivity index (χ0v) is 23.3. The van der Waals surface area contributed by atoms with Crippen LogP contribution in [0.5, 0.6) is 5.75 Å². The SMILES string of the molecule is C[Si](C)(C)CCOCn1nc2ccc(OS(=O)(=O)C(F)(F)F)cc2c1-c1cc(N2CCC(F)(F)CC2)ncn1. The molecule has 39 heavy (non-hydrogen) atoms. The molecule has 16 heteroatoms. The summed E-state index contributed by atoms with van der Waals surface area (Å²) in [5.41, 5.74) is -4.66. The second-order valence-corrected chi connectivity index (χ2v) is 17.6. The van der Waals surface area contributed by atoms with Gasteiger partial charge < -0.3 is 13.8 Å². The van der Waals surface area contributed by atoms with Crippen molar-refractivity contribution in [3.63, 3.8) is 0 Å². The number of ether oxygens (including phenoxy) is 1. The Balaban J connectivity index is 1.72. The topological polar surface area (TPSA) is 99.4 Å². The molecule has 0 aliphatic carbocycles. The fourth-order valence-electron chi connectivity index (χ4n) is 3.94. The third kappa shape index (κ3) is 7.02. The van der Waals surface area contributed by atoms with Gasteiger partial charge in [0.15, 0.2) is 0 Å². The highest BCUT2D eigenvalue weighted by Gasteiger charge is 2.48. The monoisotopic (exact) mass is 593 g/mol. The van der Waals surface area contributed by atoms with Crippen molar-refractivity contribution < 1.29 is 39.3 Å². The largest absolute Gasteiger partial charge is 0.534 e. The van der Waals surface area contributed by atoms with Crippen LogP contribution in [0.15, 0.2) is 30.6 Å². The average Bonchev–Trinajstić information content (AvgIpc) is 3.18. The van der Waals surface area contributed by atoms with Crippen molar-refractivity contribution in [3.05, 3.63) is 30.6 Å². The third-order valence-electron chi connectivity index (χ3n) is 6.12. The van der Waals surface area contributed by atoms with Gasteiger partial charge in [0.25, 0.3) is 5.92 Å². The third-order valence-corrected chi connectivity index (χ3v) is 8.81. The highest BCUT2D eigenvalue weighted by Crippen LogP contribution is 2.35. The average molecular weight is 594 g/mol. The van der Waals surface area contributed by atoms with Gasteiger partial charge in [0.05, 0.1) is 16.9 Å². The van der Waals surface area contributed by atoms with E-state index in [0.29, 0.717) is 29.3 Å². The van der Waals surface area contributed by atoms with E-state index in [-0.39, 0.29) is 38.0 Å². The zero-order chi connectivity index (χ0) is 28.6. The summed E-state index contributed by atoms with van der Waals surface area (Å²) < 4.78 is 101.